The van der Waals surface area contributed by atoms with Crippen LogP contribution < -0.4 is 5.32 Å². The highest BCUT2D eigenvalue weighted by Gasteiger charge is 2.42. The van der Waals surface area contributed by atoms with Gasteiger partial charge >= 0.3 is 0 Å². The lowest BCUT2D eigenvalue weighted by molar-refractivity contribution is 0.0763. The number of sulfonamides is 1. The van der Waals surface area contributed by atoms with Crippen molar-refractivity contribution in [3.05, 3.63) is 0 Å². The van der Waals surface area contributed by atoms with Crippen LogP contribution in [0.1, 0.15) is 32.1 Å². The molecule has 1 aliphatic carbocycles. The SMILES string of the molecule is O=S(=O)(C1CCCCC1)N1CC(N2CCNCC2)C1. The molecule has 0 aromatic rings. The van der Waals surface area contributed by atoms with Crippen LogP contribution in [0, 0.1) is 0 Å². The summed E-state index contributed by atoms with van der Waals surface area (Å²) >= 11 is 0. The first kappa shape index (κ1) is 13.8. The van der Waals surface area contributed by atoms with E-state index in [1.165, 1.54) is 6.42 Å². The van der Waals surface area contributed by atoms with Crippen LogP contribution in [-0.4, -0.2) is 68.2 Å². The summed E-state index contributed by atoms with van der Waals surface area (Å²) in [6.45, 7) is 5.62. The number of hydrogen-bond acceptors (Lipinski definition) is 4. The summed E-state index contributed by atoms with van der Waals surface area (Å²) in [6, 6.07) is 0.459. The van der Waals surface area contributed by atoms with Crippen LogP contribution in [0.3, 0.4) is 0 Å². The van der Waals surface area contributed by atoms with E-state index < -0.39 is 10.0 Å². The molecule has 110 valence electrons. The van der Waals surface area contributed by atoms with Gasteiger partial charge in [-0.3, -0.25) is 4.90 Å². The summed E-state index contributed by atoms with van der Waals surface area (Å²) < 4.78 is 26.7. The van der Waals surface area contributed by atoms with Gasteiger partial charge in [0.25, 0.3) is 0 Å². The average molecular weight is 287 g/mol. The molecule has 2 saturated heterocycles. The largest absolute Gasteiger partial charge is 0.314 e. The van der Waals surface area contributed by atoms with Crippen molar-refractivity contribution in [1.29, 1.82) is 0 Å². The highest BCUT2D eigenvalue weighted by atomic mass is 32.2. The Morgan fingerprint density at radius 1 is 0.947 bits per heavy atom. The molecule has 2 heterocycles. The summed E-state index contributed by atoms with van der Waals surface area (Å²) in [6.07, 6.45) is 5.11. The molecule has 6 heteroatoms. The second-order valence-electron chi connectivity index (χ2n) is 6.06. The molecular formula is C13H25N3O2S. The molecule has 0 bridgehead atoms. The number of hydrogen-bond donors (Lipinski definition) is 1. The number of nitrogens with zero attached hydrogens (tertiary/aromatic N) is 2. The number of rotatable bonds is 3. The standard InChI is InChI=1S/C13H25N3O2S/c17-19(18,13-4-2-1-3-5-13)16-10-12(11-16)15-8-6-14-7-9-15/h12-14H,1-11H2. The Hall–Kier alpha value is -0.170. The predicted molar refractivity (Wildman–Crippen MR) is 75.6 cm³/mol. The summed E-state index contributed by atoms with van der Waals surface area (Å²) in [4.78, 5) is 2.43. The normalized spacial score (nSPS) is 29.3. The Balaban J connectivity index is 1.54. The van der Waals surface area contributed by atoms with Gasteiger partial charge in [-0.25, -0.2) is 8.42 Å². The van der Waals surface area contributed by atoms with Crippen molar-refractivity contribution < 1.29 is 8.42 Å². The lowest BCUT2D eigenvalue weighted by Crippen LogP contribution is -2.64. The van der Waals surface area contributed by atoms with E-state index in [9.17, 15) is 8.42 Å². The Morgan fingerprint density at radius 3 is 2.21 bits per heavy atom. The van der Waals surface area contributed by atoms with E-state index in [1.54, 1.807) is 4.31 Å². The van der Waals surface area contributed by atoms with Gasteiger partial charge in [0, 0.05) is 45.3 Å². The zero-order chi connectivity index (χ0) is 13.3. The van der Waals surface area contributed by atoms with E-state index in [2.05, 4.69) is 10.2 Å². The molecule has 1 saturated carbocycles. The van der Waals surface area contributed by atoms with Gasteiger partial charge in [-0.2, -0.15) is 4.31 Å². The highest BCUT2D eigenvalue weighted by molar-refractivity contribution is 7.89. The summed E-state index contributed by atoms with van der Waals surface area (Å²) in [5.41, 5.74) is 0. The molecule has 3 rings (SSSR count). The minimum Gasteiger partial charge on any atom is -0.314 e. The zero-order valence-corrected chi connectivity index (χ0v) is 12.4. The van der Waals surface area contributed by atoms with Crippen LogP contribution in [0.25, 0.3) is 0 Å². The molecule has 5 nitrogen and oxygen atoms in total. The molecule has 0 unspecified atom stereocenters. The van der Waals surface area contributed by atoms with Crippen molar-refractivity contribution in [2.45, 2.75) is 43.4 Å². The molecule has 0 spiro atoms. The van der Waals surface area contributed by atoms with Gasteiger partial charge in [-0.1, -0.05) is 19.3 Å². The second-order valence-corrected chi connectivity index (χ2v) is 8.27. The van der Waals surface area contributed by atoms with Crippen LogP contribution in [-0.2, 0) is 10.0 Å². The van der Waals surface area contributed by atoms with Gasteiger partial charge in [0.15, 0.2) is 0 Å². The van der Waals surface area contributed by atoms with Crippen molar-refractivity contribution in [1.82, 2.24) is 14.5 Å². The molecule has 3 aliphatic rings. The van der Waals surface area contributed by atoms with E-state index in [-0.39, 0.29) is 5.25 Å². The van der Waals surface area contributed by atoms with Crippen LogP contribution in [0.15, 0.2) is 0 Å². The van der Waals surface area contributed by atoms with Gasteiger partial charge in [0.05, 0.1) is 5.25 Å². The van der Waals surface area contributed by atoms with Crippen molar-refractivity contribution in [3.8, 4) is 0 Å². The molecule has 0 amide bonds. The fourth-order valence-electron chi connectivity index (χ4n) is 3.48. The molecule has 0 radical (unpaired) electrons. The molecule has 0 atom stereocenters. The summed E-state index contributed by atoms with van der Waals surface area (Å²) in [7, 11) is -3.01. The Labute approximate surface area is 116 Å². The molecule has 0 aromatic carbocycles. The van der Waals surface area contributed by atoms with E-state index >= 15 is 0 Å². The van der Waals surface area contributed by atoms with E-state index in [0.717, 1.165) is 65.0 Å². The van der Waals surface area contributed by atoms with Crippen LogP contribution >= 0.6 is 0 Å². The third-order valence-electron chi connectivity index (χ3n) is 4.83. The average Bonchev–Trinajstić information content (AvgIpc) is 2.39. The van der Waals surface area contributed by atoms with Crippen LogP contribution in [0.4, 0.5) is 0 Å². The molecular weight excluding hydrogens is 262 g/mol. The highest BCUT2D eigenvalue weighted by Crippen LogP contribution is 2.29. The van der Waals surface area contributed by atoms with Gasteiger partial charge in [-0.05, 0) is 12.8 Å². The molecule has 3 fully saturated rings. The molecule has 19 heavy (non-hydrogen) atoms. The maximum absolute atomic E-state index is 12.5. The van der Waals surface area contributed by atoms with Crippen molar-refractivity contribution in [3.63, 3.8) is 0 Å². The van der Waals surface area contributed by atoms with Crippen molar-refractivity contribution in [2.24, 2.45) is 0 Å². The quantitative estimate of drug-likeness (QED) is 0.808. The van der Waals surface area contributed by atoms with Gasteiger partial charge in [-0.15, -0.1) is 0 Å². The van der Waals surface area contributed by atoms with Crippen LogP contribution in [0.2, 0.25) is 0 Å². The third-order valence-corrected chi connectivity index (χ3v) is 7.16. The molecule has 1 N–H and O–H groups in total. The fraction of sp³-hybridized carbons (Fsp3) is 1.00. The van der Waals surface area contributed by atoms with Crippen molar-refractivity contribution in [2.75, 3.05) is 39.3 Å². The zero-order valence-electron chi connectivity index (χ0n) is 11.6. The van der Waals surface area contributed by atoms with Gasteiger partial charge in [0.1, 0.15) is 0 Å². The van der Waals surface area contributed by atoms with Gasteiger partial charge < -0.3 is 5.32 Å². The first-order chi connectivity index (χ1) is 9.18. The first-order valence-corrected chi connectivity index (χ1v) is 9.12. The molecule has 0 aromatic heterocycles. The molecule has 2 aliphatic heterocycles. The number of nitrogens with one attached hydrogen (secondary N) is 1. The van der Waals surface area contributed by atoms with E-state index in [0.29, 0.717) is 6.04 Å². The predicted octanol–water partition coefficient (Wildman–Crippen LogP) is 0.238. The Bertz CT molecular complexity index is 394. The summed E-state index contributed by atoms with van der Waals surface area (Å²) in [5, 5.41) is 3.25. The topological polar surface area (TPSA) is 52.7 Å². The smallest absolute Gasteiger partial charge is 0.217 e. The fourth-order valence-corrected chi connectivity index (χ4v) is 5.59. The Morgan fingerprint density at radius 2 is 1.58 bits per heavy atom. The minimum atomic E-state index is -3.01. The first-order valence-electron chi connectivity index (χ1n) is 7.61. The lowest BCUT2D eigenvalue weighted by Gasteiger charge is -2.47. The lowest BCUT2D eigenvalue weighted by atomic mass is 10.0. The van der Waals surface area contributed by atoms with Gasteiger partial charge in [0.2, 0.25) is 10.0 Å². The van der Waals surface area contributed by atoms with Crippen molar-refractivity contribution >= 4 is 10.0 Å². The summed E-state index contributed by atoms with van der Waals surface area (Å²) in [5.74, 6) is 0. The van der Waals surface area contributed by atoms with Crippen LogP contribution in [0.5, 0.6) is 0 Å². The minimum absolute atomic E-state index is 0.0924. The van der Waals surface area contributed by atoms with E-state index in [1.807, 2.05) is 0 Å². The third kappa shape index (κ3) is 2.82. The Kier molecular flexibility index (Phi) is 4.12. The number of piperazine rings is 1. The second kappa shape index (κ2) is 5.68. The van der Waals surface area contributed by atoms with E-state index in [4.69, 9.17) is 0 Å². The monoisotopic (exact) mass is 287 g/mol. The maximum atomic E-state index is 12.5. The maximum Gasteiger partial charge on any atom is 0.217 e.